The van der Waals surface area contributed by atoms with Crippen LogP contribution in [0.15, 0.2) is 90.5 Å². The van der Waals surface area contributed by atoms with E-state index in [1.807, 2.05) is 19.1 Å². The SMILES string of the molecule is C=C(C)/C(C)=C/c1ccc(/C(=C(\c2ccccc2)C2CCC2)c2ccc(N)c(C(=N)F)c2)cc1. The first-order valence-electron chi connectivity index (χ1n) is 11.7. The molecule has 1 aliphatic carbocycles. The average Bonchev–Trinajstić information content (AvgIpc) is 2.79. The zero-order valence-electron chi connectivity index (χ0n) is 19.9. The molecule has 0 spiro atoms. The zero-order valence-corrected chi connectivity index (χ0v) is 19.9. The van der Waals surface area contributed by atoms with Gasteiger partial charge in [-0.05, 0) is 83.7 Å². The van der Waals surface area contributed by atoms with E-state index >= 15 is 0 Å². The normalized spacial score (nSPS) is 14.9. The molecule has 0 amide bonds. The standard InChI is InChI=1S/C31H31FN2/c1-20(2)21(3)18-22-12-14-25(15-13-22)30(26-16-17-28(33)27(19-26)31(32)34)29(24-10-7-11-24)23-8-5-4-6-9-23/h4-6,8-9,12-19,24,34H,1,7,10-11,33H2,2-3H3/b21-18+,30-29-,34-31?. The fraction of sp³-hybridized carbons (Fsp3) is 0.194. The largest absolute Gasteiger partial charge is 0.398 e. The molecule has 1 fully saturated rings. The van der Waals surface area contributed by atoms with Crippen molar-refractivity contribution in [3.05, 3.63) is 118 Å². The van der Waals surface area contributed by atoms with Crippen LogP contribution in [0.1, 0.15) is 60.9 Å². The highest BCUT2D eigenvalue weighted by Gasteiger charge is 2.27. The molecule has 4 rings (SSSR count). The summed E-state index contributed by atoms with van der Waals surface area (Å²) in [5, 5.41) is 7.57. The zero-order chi connectivity index (χ0) is 24.2. The second-order valence-electron chi connectivity index (χ2n) is 9.13. The first-order chi connectivity index (χ1) is 16.3. The number of hydrogen-bond acceptors (Lipinski definition) is 2. The highest BCUT2D eigenvalue weighted by molar-refractivity contribution is 6.03. The van der Waals surface area contributed by atoms with Gasteiger partial charge in [-0.15, -0.1) is 0 Å². The van der Waals surface area contributed by atoms with Gasteiger partial charge in [0.15, 0.2) is 0 Å². The minimum absolute atomic E-state index is 0.132. The van der Waals surface area contributed by atoms with Gasteiger partial charge in [-0.2, -0.15) is 4.39 Å². The van der Waals surface area contributed by atoms with Crippen molar-refractivity contribution in [3.63, 3.8) is 0 Å². The topological polar surface area (TPSA) is 49.9 Å². The van der Waals surface area contributed by atoms with E-state index in [2.05, 4.69) is 68.1 Å². The molecule has 0 aliphatic heterocycles. The van der Waals surface area contributed by atoms with Gasteiger partial charge < -0.3 is 5.73 Å². The van der Waals surface area contributed by atoms with E-state index < -0.39 is 5.97 Å². The Kier molecular flexibility index (Phi) is 6.93. The molecule has 0 aromatic heterocycles. The Morgan fingerprint density at radius 1 is 0.941 bits per heavy atom. The third-order valence-corrected chi connectivity index (χ3v) is 6.70. The molecule has 1 saturated carbocycles. The molecular weight excluding hydrogens is 419 g/mol. The summed E-state index contributed by atoms with van der Waals surface area (Å²) in [6, 6.07) is 24.3. The van der Waals surface area contributed by atoms with Gasteiger partial charge in [0, 0.05) is 5.69 Å². The van der Waals surface area contributed by atoms with E-state index in [-0.39, 0.29) is 11.3 Å². The molecule has 0 heterocycles. The lowest BCUT2D eigenvalue weighted by Gasteiger charge is -2.31. The molecule has 34 heavy (non-hydrogen) atoms. The van der Waals surface area contributed by atoms with Crippen LogP contribution in [0.4, 0.5) is 10.1 Å². The third-order valence-electron chi connectivity index (χ3n) is 6.70. The third kappa shape index (κ3) is 4.94. The lowest BCUT2D eigenvalue weighted by Crippen LogP contribution is -2.15. The van der Waals surface area contributed by atoms with Crippen molar-refractivity contribution in [2.24, 2.45) is 5.92 Å². The highest BCUT2D eigenvalue weighted by atomic mass is 19.1. The van der Waals surface area contributed by atoms with Crippen LogP contribution in [0.2, 0.25) is 0 Å². The Bertz CT molecular complexity index is 1280. The molecule has 3 aromatic rings. The van der Waals surface area contributed by atoms with Crippen LogP contribution in [0.3, 0.4) is 0 Å². The Balaban J connectivity index is 1.95. The van der Waals surface area contributed by atoms with E-state index in [0.29, 0.717) is 5.92 Å². The monoisotopic (exact) mass is 450 g/mol. The number of nitrogens with two attached hydrogens (primary N) is 1. The first-order valence-corrected chi connectivity index (χ1v) is 11.7. The molecule has 0 radical (unpaired) electrons. The number of rotatable bonds is 7. The Hall–Kier alpha value is -3.72. The summed E-state index contributed by atoms with van der Waals surface area (Å²) in [4.78, 5) is 0. The van der Waals surface area contributed by atoms with Crippen molar-refractivity contribution in [3.8, 4) is 0 Å². The Morgan fingerprint density at radius 2 is 1.59 bits per heavy atom. The molecular formula is C31H31FN2. The van der Waals surface area contributed by atoms with Crippen LogP contribution in [-0.2, 0) is 0 Å². The summed E-state index contributed by atoms with van der Waals surface area (Å²) >= 11 is 0. The van der Waals surface area contributed by atoms with Crippen LogP contribution in [0.25, 0.3) is 17.2 Å². The van der Waals surface area contributed by atoms with Crippen molar-refractivity contribution in [2.75, 3.05) is 5.73 Å². The Labute approximate surface area is 201 Å². The summed E-state index contributed by atoms with van der Waals surface area (Å²) in [5.74, 6) is -0.576. The van der Waals surface area contributed by atoms with Gasteiger partial charge in [-0.25, -0.2) is 0 Å². The average molecular weight is 451 g/mol. The summed E-state index contributed by atoms with van der Waals surface area (Å²) in [6.07, 6.45) is 5.60. The van der Waals surface area contributed by atoms with Gasteiger partial charge >= 0.3 is 0 Å². The fourth-order valence-corrected chi connectivity index (χ4v) is 4.40. The lowest BCUT2D eigenvalue weighted by atomic mass is 9.73. The summed E-state index contributed by atoms with van der Waals surface area (Å²) in [7, 11) is 0. The van der Waals surface area contributed by atoms with Crippen LogP contribution < -0.4 is 5.73 Å². The quantitative estimate of drug-likeness (QED) is 0.162. The predicted octanol–water partition coefficient (Wildman–Crippen LogP) is 8.30. The number of benzene rings is 3. The number of nitrogen functional groups attached to an aromatic ring is 1. The molecule has 3 aromatic carbocycles. The maximum Gasteiger partial charge on any atom is 0.214 e. The minimum Gasteiger partial charge on any atom is -0.398 e. The highest BCUT2D eigenvalue weighted by Crippen LogP contribution is 2.45. The van der Waals surface area contributed by atoms with E-state index in [0.717, 1.165) is 46.3 Å². The van der Waals surface area contributed by atoms with Gasteiger partial charge in [-0.1, -0.05) is 85.3 Å². The smallest absolute Gasteiger partial charge is 0.214 e. The van der Waals surface area contributed by atoms with Crippen molar-refractivity contribution >= 4 is 28.9 Å². The van der Waals surface area contributed by atoms with Crippen LogP contribution >= 0.6 is 0 Å². The minimum atomic E-state index is -1.01. The second-order valence-corrected chi connectivity index (χ2v) is 9.13. The summed E-state index contributed by atoms with van der Waals surface area (Å²) in [6.45, 7) is 8.09. The van der Waals surface area contributed by atoms with Crippen molar-refractivity contribution < 1.29 is 4.39 Å². The molecule has 0 bridgehead atoms. The fourth-order valence-electron chi connectivity index (χ4n) is 4.40. The number of nitrogens with one attached hydrogen (secondary N) is 1. The van der Waals surface area contributed by atoms with Gasteiger partial charge in [0.1, 0.15) is 0 Å². The van der Waals surface area contributed by atoms with Crippen molar-refractivity contribution in [1.29, 1.82) is 5.41 Å². The molecule has 0 saturated heterocycles. The van der Waals surface area contributed by atoms with Crippen LogP contribution in [0, 0.1) is 11.3 Å². The molecule has 172 valence electrons. The maximum absolute atomic E-state index is 14.0. The van der Waals surface area contributed by atoms with E-state index in [1.165, 1.54) is 17.6 Å². The number of hydrogen-bond donors (Lipinski definition) is 2. The van der Waals surface area contributed by atoms with Crippen molar-refractivity contribution in [2.45, 2.75) is 33.1 Å². The second kappa shape index (κ2) is 10.0. The summed E-state index contributed by atoms with van der Waals surface area (Å²) < 4.78 is 14.0. The number of allylic oxidation sites excluding steroid dienone is 3. The van der Waals surface area contributed by atoms with Gasteiger partial charge in [0.2, 0.25) is 5.97 Å². The molecule has 1 aliphatic rings. The van der Waals surface area contributed by atoms with E-state index in [4.69, 9.17) is 11.1 Å². The molecule has 3 N–H and O–H groups in total. The molecule has 3 heteroatoms. The van der Waals surface area contributed by atoms with Crippen LogP contribution in [-0.4, -0.2) is 5.97 Å². The van der Waals surface area contributed by atoms with Gasteiger partial charge in [0.25, 0.3) is 0 Å². The van der Waals surface area contributed by atoms with Gasteiger partial charge in [-0.3, -0.25) is 5.41 Å². The molecule has 2 nitrogen and oxygen atoms in total. The van der Waals surface area contributed by atoms with E-state index in [1.54, 1.807) is 12.1 Å². The maximum atomic E-state index is 14.0. The lowest BCUT2D eigenvalue weighted by molar-refractivity contribution is 0.401. The van der Waals surface area contributed by atoms with Crippen LogP contribution in [0.5, 0.6) is 0 Å². The first kappa shape index (κ1) is 23.4. The van der Waals surface area contributed by atoms with Crippen molar-refractivity contribution in [1.82, 2.24) is 0 Å². The number of halogens is 1. The summed E-state index contributed by atoms with van der Waals surface area (Å²) in [5.41, 5.74) is 15.2. The number of anilines is 1. The van der Waals surface area contributed by atoms with E-state index in [9.17, 15) is 4.39 Å². The van der Waals surface area contributed by atoms with Gasteiger partial charge in [0.05, 0.1) is 5.56 Å². The predicted molar refractivity (Wildman–Crippen MR) is 143 cm³/mol. The Morgan fingerprint density at radius 3 is 2.15 bits per heavy atom. The molecule has 0 unspecified atom stereocenters. The molecule has 0 atom stereocenters.